The fraction of sp³-hybridized carbons (Fsp3) is 0.467. The zero-order valence-electron chi connectivity index (χ0n) is 45.5. The van der Waals surface area contributed by atoms with E-state index in [0.717, 1.165) is 11.1 Å². The molecule has 5 rings (SSSR count). The summed E-state index contributed by atoms with van der Waals surface area (Å²) >= 11 is 0. The molecule has 0 aliphatic rings. The van der Waals surface area contributed by atoms with E-state index in [9.17, 15) is 5.11 Å². The maximum Gasteiger partial charge on any atom is 0.261 e. The second kappa shape index (κ2) is 24.1. The molecule has 0 unspecified atom stereocenters. The Morgan fingerprint density at radius 3 is 1.34 bits per heavy atom. The van der Waals surface area contributed by atoms with Gasteiger partial charge in [-0.15, -0.1) is 0 Å². The molecule has 0 spiro atoms. The van der Waals surface area contributed by atoms with Gasteiger partial charge in [0.05, 0.1) is 33.0 Å². The van der Waals surface area contributed by atoms with Crippen molar-refractivity contribution in [1.29, 1.82) is 0 Å². The van der Waals surface area contributed by atoms with Gasteiger partial charge in [0.1, 0.15) is 0 Å². The summed E-state index contributed by atoms with van der Waals surface area (Å²) < 4.78 is 40.7. The van der Waals surface area contributed by atoms with E-state index in [2.05, 4.69) is 224 Å². The van der Waals surface area contributed by atoms with Crippen molar-refractivity contribution >= 4 is 45.7 Å². The third-order valence-electron chi connectivity index (χ3n) is 14.7. The van der Waals surface area contributed by atoms with Gasteiger partial charge in [-0.1, -0.05) is 210 Å². The molecule has 0 heterocycles. The van der Waals surface area contributed by atoms with Crippen molar-refractivity contribution in [3.8, 4) is 11.5 Å². The molecule has 7 nitrogen and oxygen atoms in total. The highest BCUT2D eigenvalue weighted by molar-refractivity contribution is 7.00. The van der Waals surface area contributed by atoms with Crippen LogP contribution in [0.5, 0.6) is 11.5 Å². The Morgan fingerprint density at radius 2 is 0.957 bits per heavy atom. The molecule has 0 aliphatic carbocycles. The average molecular weight is 1000 g/mol. The normalized spacial score (nSPS) is 15.5. The summed E-state index contributed by atoms with van der Waals surface area (Å²) in [6.45, 7) is 33.1. The molecule has 0 saturated heterocycles. The lowest BCUT2D eigenvalue weighted by Gasteiger charge is -2.45. The standard InChI is InChI=1S/C60H86O7Si3/c1-45(41-66-69(59(7,8)9,49-29-21-17-22-30-49)50-31-23-18-24-32-50)39-46(2)56(61)53(44-65-68(15,16)58(4,5)6)57(64-43-48-37-38-54(62-13)55(40-48)63-14)47(3)42-67-70(60(10,11)12,51-33-25-19-26-34-51)52-35-27-20-28-36-52/h17-40,45,47,53,56-57,61H,41-44H2,1-16H3/b46-39+/t45-,47-,53+,56-,57+/m1/s1. The minimum absolute atomic E-state index is 0.0136. The second-order valence-corrected chi connectivity index (χ2v) is 36.4. The van der Waals surface area contributed by atoms with Crippen molar-refractivity contribution in [2.24, 2.45) is 17.8 Å². The minimum Gasteiger partial charge on any atom is -0.493 e. The molecular weight excluding hydrogens is 917 g/mol. The van der Waals surface area contributed by atoms with Crippen molar-refractivity contribution in [2.45, 2.75) is 130 Å². The average Bonchev–Trinajstić information content (AvgIpc) is 3.32. The van der Waals surface area contributed by atoms with Crippen LogP contribution in [0, 0.1) is 17.8 Å². The molecule has 0 bridgehead atoms. The van der Waals surface area contributed by atoms with Gasteiger partial charge < -0.3 is 32.6 Å². The summed E-state index contributed by atoms with van der Waals surface area (Å²) in [4.78, 5) is 0. The molecule has 70 heavy (non-hydrogen) atoms. The Kier molecular flexibility index (Phi) is 19.5. The van der Waals surface area contributed by atoms with E-state index in [-0.39, 0.29) is 33.6 Å². The van der Waals surface area contributed by atoms with Crippen LogP contribution in [0.3, 0.4) is 0 Å². The maximum absolute atomic E-state index is 13.0. The molecule has 5 aromatic carbocycles. The van der Waals surface area contributed by atoms with Gasteiger partial charge in [0.15, 0.2) is 19.8 Å². The monoisotopic (exact) mass is 1000 g/mol. The number of rotatable bonds is 23. The molecule has 0 saturated carbocycles. The van der Waals surface area contributed by atoms with E-state index >= 15 is 0 Å². The number of benzene rings is 5. The van der Waals surface area contributed by atoms with Crippen LogP contribution in [0.25, 0.3) is 0 Å². The SMILES string of the molecule is COc1ccc(CO[C@H]([C@@H](CO[Si](C)(C)C(C)(C)C)[C@H](O)/C(C)=C/[C@@H](C)CO[Si](c2ccccc2)(c2ccccc2)C(C)(C)C)[C@H](C)CO[Si](c2ccccc2)(c2ccccc2)C(C)(C)C)cc1OC. The van der Waals surface area contributed by atoms with Crippen LogP contribution in [0.2, 0.25) is 28.2 Å². The van der Waals surface area contributed by atoms with Crippen molar-refractivity contribution in [3.05, 3.63) is 157 Å². The first kappa shape index (κ1) is 56.8. The minimum atomic E-state index is -2.93. The Labute approximate surface area is 426 Å². The van der Waals surface area contributed by atoms with Gasteiger partial charge in [-0.05, 0) is 85.1 Å². The lowest BCUT2D eigenvalue weighted by Crippen LogP contribution is -2.67. The highest BCUT2D eigenvalue weighted by atomic mass is 28.4. The van der Waals surface area contributed by atoms with E-state index in [1.165, 1.54) is 20.7 Å². The van der Waals surface area contributed by atoms with Crippen LogP contribution in [-0.2, 0) is 24.6 Å². The summed E-state index contributed by atoms with van der Waals surface area (Å²) in [5.41, 5.74) is 1.80. The largest absolute Gasteiger partial charge is 0.493 e. The van der Waals surface area contributed by atoms with Gasteiger partial charge in [-0.25, -0.2) is 0 Å². The van der Waals surface area contributed by atoms with Gasteiger partial charge in [0.2, 0.25) is 0 Å². The summed E-state index contributed by atoms with van der Waals surface area (Å²) in [5, 5.41) is 17.5. The highest BCUT2D eigenvalue weighted by Gasteiger charge is 2.52. The fourth-order valence-corrected chi connectivity index (χ4v) is 20.2. The van der Waals surface area contributed by atoms with Crippen molar-refractivity contribution < 1.29 is 32.6 Å². The molecular formula is C60H86O7Si3. The molecule has 5 aromatic rings. The van der Waals surface area contributed by atoms with Gasteiger partial charge >= 0.3 is 0 Å². The fourth-order valence-electron chi connectivity index (χ4n) is 9.82. The molecule has 0 fully saturated rings. The Balaban J connectivity index is 1.58. The lowest BCUT2D eigenvalue weighted by atomic mass is 9.85. The molecule has 0 radical (unpaired) electrons. The Bertz CT molecular complexity index is 2290. The summed E-state index contributed by atoms with van der Waals surface area (Å²) in [5.74, 6) is 0.649. The number of aliphatic hydroxyl groups excluding tert-OH is 1. The molecule has 380 valence electrons. The maximum atomic E-state index is 13.0. The number of methoxy groups -OCH3 is 2. The number of hydrogen-bond acceptors (Lipinski definition) is 7. The van der Waals surface area contributed by atoms with Crippen LogP contribution in [0.1, 0.15) is 88.6 Å². The molecule has 5 atom stereocenters. The smallest absolute Gasteiger partial charge is 0.261 e. The van der Waals surface area contributed by atoms with Crippen molar-refractivity contribution in [1.82, 2.24) is 0 Å². The lowest BCUT2D eigenvalue weighted by molar-refractivity contribution is -0.0844. The van der Waals surface area contributed by atoms with Gasteiger partial charge in [-0.2, -0.15) is 0 Å². The van der Waals surface area contributed by atoms with Crippen LogP contribution in [0.4, 0.5) is 0 Å². The molecule has 0 amide bonds. The van der Waals surface area contributed by atoms with Crippen molar-refractivity contribution in [3.63, 3.8) is 0 Å². The zero-order valence-corrected chi connectivity index (χ0v) is 48.5. The zero-order chi connectivity index (χ0) is 51.5. The third kappa shape index (κ3) is 13.1. The van der Waals surface area contributed by atoms with Crippen LogP contribution >= 0.6 is 0 Å². The Morgan fingerprint density at radius 1 is 0.543 bits per heavy atom. The first-order valence-corrected chi connectivity index (χ1v) is 32.0. The number of aliphatic hydroxyl groups is 1. The van der Waals surface area contributed by atoms with Gasteiger partial charge in [0.25, 0.3) is 16.6 Å². The summed E-state index contributed by atoms with van der Waals surface area (Å²) in [7, 11) is -4.74. The molecule has 0 aliphatic heterocycles. The van der Waals surface area contributed by atoms with E-state index in [0.29, 0.717) is 31.3 Å². The first-order chi connectivity index (χ1) is 32.9. The molecule has 1 N–H and O–H groups in total. The summed E-state index contributed by atoms with van der Waals surface area (Å²) in [6.07, 6.45) is 0.820. The predicted molar refractivity (Wildman–Crippen MR) is 300 cm³/mol. The second-order valence-electron chi connectivity index (χ2n) is 23.0. The van der Waals surface area contributed by atoms with Crippen LogP contribution < -0.4 is 30.2 Å². The number of hydrogen-bond donors (Lipinski definition) is 1. The third-order valence-corrected chi connectivity index (χ3v) is 29.2. The molecule has 10 heteroatoms. The highest BCUT2D eigenvalue weighted by Crippen LogP contribution is 2.41. The first-order valence-electron chi connectivity index (χ1n) is 25.3. The van der Waals surface area contributed by atoms with Gasteiger partial charge in [-0.3, -0.25) is 0 Å². The quantitative estimate of drug-likeness (QED) is 0.0516. The van der Waals surface area contributed by atoms with Crippen LogP contribution in [-0.4, -0.2) is 76.3 Å². The van der Waals surface area contributed by atoms with E-state index < -0.39 is 43.1 Å². The Hall–Kier alpha value is -4.11. The number of ether oxygens (including phenoxy) is 3. The van der Waals surface area contributed by atoms with E-state index in [1.807, 2.05) is 18.2 Å². The summed E-state index contributed by atoms with van der Waals surface area (Å²) in [6, 6.07) is 49.0. The van der Waals surface area contributed by atoms with Crippen LogP contribution in [0.15, 0.2) is 151 Å². The van der Waals surface area contributed by atoms with Gasteiger partial charge in [0, 0.05) is 31.7 Å². The molecule has 0 aromatic heterocycles. The van der Waals surface area contributed by atoms with E-state index in [4.69, 9.17) is 27.5 Å². The topological polar surface area (TPSA) is 75.6 Å². The van der Waals surface area contributed by atoms with Crippen molar-refractivity contribution in [2.75, 3.05) is 34.0 Å². The van der Waals surface area contributed by atoms with E-state index in [1.54, 1.807) is 14.2 Å². The predicted octanol–water partition coefficient (Wildman–Crippen LogP) is 12.0.